The van der Waals surface area contributed by atoms with Crippen molar-refractivity contribution in [3.05, 3.63) is 30.1 Å². The van der Waals surface area contributed by atoms with Crippen LogP contribution in [0.4, 0.5) is 0 Å². The smallest absolute Gasteiger partial charge is 0.148 e. The number of aromatic nitrogens is 5. The van der Waals surface area contributed by atoms with Crippen LogP contribution in [0.5, 0.6) is 0 Å². The Kier molecular flexibility index (Phi) is 2.80. The second-order valence-corrected chi connectivity index (χ2v) is 3.55. The van der Waals surface area contributed by atoms with Crippen LogP contribution in [-0.2, 0) is 13.1 Å². The molecule has 0 radical (unpaired) electrons. The van der Waals surface area contributed by atoms with Gasteiger partial charge >= 0.3 is 0 Å². The quantitative estimate of drug-likeness (QED) is 0.754. The molecule has 2 aromatic heterocycles. The van der Waals surface area contributed by atoms with Gasteiger partial charge in [-0.1, -0.05) is 6.92 Å². The second kappa shape index (κ2) is 4.25. The van der Waals surface area contributed by atoms with Gasteiger partial charge in [0.2, 0.25) is 0 Å². The predicted molar refractivity (Wildman–Crippen MR) is 56.4 cm³/mol. The highest BCUT2D eigenvalue weighted by Crippen LogP contribution is 2.00. The zero-order chi connectivity index (χ0) is 10.7. The lowest BCUT2D eigenvalue weighted by Crippen LogP contribution is -2.10. The number of hydrogen-bond acceptors (Lipinski definition) is 3. The number of rotatable bonds is 4. The monoisotopic (exact) mass is 205 g/mol. The summed E-state index contributed by atoms with van der Waals surface area (Å²) in [6.45, 7) is 5.71. The lowest BCUT2D eigenvalue weighted by Gasteiger charge is -2.04. The first-order chi connectivity index (χ1) is 7.29. The Morgan fingerprint density at radius 1 is 1.40 bits per heavy atom. The molecule has 0 unspecified atom stereocenters. The highest BCUT2D eigenvalue weighted by atomic mass is 15.4. The third-order valence-electron chi connectivity index (χ3n) is 2.21. The Hall–Kier alpha value is -1.65. The Morgan fingerprint density at radius 3 is 2.93 bits per heavy atom. The molecule has 0 aromatic carbocycles. The van der Waals surface area contributed by atoms with E-state index in [1.54, 1.807) is 6.33 Å². The van der Waals surface area contributed by atoms with Crippen LogP contribution in [0.3, 0.4) is 0 Å². The fourth-order valence-corrected chi connectivity index (χ4v) is 1.51. The van der Waals surface area contributed by atoms with Gasteiger partial charge in [-0.2, -0.15) is 10.2 Å². The van der Waals surface area contributed by atoms with E-state index in [1.807, 2.05) is 28.6 Å². The minimum absolute atomic E-state index is 0.688. The van der Waals surface area contributed by atoms with E-state index in [9.17, 15) is 0 Å². The largest absolute Gasteiger partial charge is 0.265 e. The van der Waals surface area contributed by atoms with Gasteiger partial charge in [0.25, 0.3) is 0 Å². The minimum atomic E-state index is 0.688. The first kappa shape index (κ1) is 9.89. The van der Waals surface area contributed by atoms with Crippen LogP contribution in [0, 0.1) is 6.92 Å². The molecular formula is C10H15N5. The van der Waals surface area contributed by atoms with Gasteiger partial charge in [0.15, 0.2) is 0 Å². The van der Waals surface area contributed by atoms with Gasteiger partial charge < -0.3 is 0 Å². The van der Waals surface area contributed by atoms with Crippen LogP contribution in [0.25, 0.3) is 0 Å². The van der Waals surface area contributed by atoms with Crippen molar-refractivity contribution in [3.8, 4) is 0 Å². The standard InChI is InChI=1S/C10H15N5/c1-3-5-15-10(11-8-12-15)7-14-6-4-9(2)13-14/h4,6,8H,3,5,7H2,1-2H3. The summed E-state index contributed by atoms with van der Waals surface area (Å²) < 4.78 is 3.81. The molecule has 15 heavy (non-hydrogen) atoms. The second-order valence-electron chi connectivity index (χ2n) is 3.55. The molecule has 5 heteroatoms. The van der Waals surface area contributed by atoms with Crippen LogP contribution >= 0.6 is 0 Å². The summed E-state index contributed by atoms with van der Waals surface area (Å²) in [5, 5.41) is 8.50. The van der Waals surface area contributed by atoms with Crippen molar-refractivity contribution in [2.45, 2.75) is 33.4 Å². The average molecular weight is 205 g/mol. The lowest BCUT2D eigenvalue weighted by molar-refractivity contribution is 0.538. The van der Waals surface area contributed by atoms with Crippen molar-refractivity contribution < 1.29 is 0 Å². The summed E-state index contributed by atoms with van der Waals surface area (Å²) in [5.74, 6) is 0.958. The molecule has 0 saturated heterocycles. The van der Waals surface area contributed by atoms with E-state index in [4.69, 9.17) is 0 Å². The van der Waals surface area contributed by atoms with Gasteiger partial charge in [-0.15, -0.1) is 0 Å². The first-order valence-corrected chi connectivity index (χ1v) is 5.16. The molecule has 0 fully saturated rings. The molecule has 0 bridgehead atoms. The third-order valence-corrected chi connectivity index (χ3v) is 2.21. The zero-order valence-corrected chi connectivity index (χ0v) is 9.09. The van der Waals surface area contributed by atoms with Crippen molar-refractivity contribution in [1.29, 1.82) is 0 Å². The van der Waals surface area contributed by atoms with E-state index in [1.165, 1.54) is 0 Å². The number of nitrogens with zero attached hydrogens (tertiary/aromatic N) is 5. The zero-order valence-electron chi connectivity index (χ0n) is 9.09. The maximum absolute atomic E-state index is 4.32. The molecule has 0 N–H and O–H groups in total. The SMILES string of the molecule is CCCn1ncnc1Cn1ccc(C)n1. The van der Waals surface area contributed by atoms with Gasteiger partial charge in [0.1, 0.15) is 18.7 Å². The Bertz CT molecular complexity index is 428. The number of hydrogen-bond donors (Lipinski definition) is 0. The van der Waals surface area contributed by atoms with Crippen molar-refractivity contribution in [2.24, 2.45) is 0 Å². The van der Waals surface area contributed by atoms with Crippen molar-refractivity contribution in [3.63, 3.8) is 0 Å². The van der Waals surface area contributed by atoms with Crippen LogP contribution in [0.2, 0.25) is 0 Å². The van der Waals surface area contributed by atoms with E-state index in [0.717, 1.165) is 24.5 Å². The summed E-state index contributed by atoms with van der Waals surface area (Å²) in [6, 6.07) is 1.99. The molecule has 2 aromatic rings. The highest BCUT2D eigenvalue weighted by molar-refractivity contribution is 4.97. The molecule has 0 aliphatic carbocycles. The summed E-state index contributed by atoms with van der Waals surface area (Å²) in [4.78, 5) is 4.23. The lowest BCUT2D eigenvalue weighted by atomic mass is 10.5. The van der Waals surface area contributed by atoms with Crippen LogP contribution in [0.1, 0.15) is 24.9 Å². The average Bonchev–Trinajstić information content (AvgIpc) is 2.78. The van der Waals surface area contributed by atoms with Crippen molar-refractivity contribution in [2.75, 3.05) is 0 Å². The van der Waals surface area contributed by atoms with Gasteiger partial charge in [0.05, 0.1) is 5.69 Å². The van der Waals surface area contributed by atoms with E-state index in [2.05, 4.69) is 22.1 Å². The number of aryl methyl sites for hydroxylation is 2. The van der Waals surface area contributed by atoms with Gasteiger partial charge in [-0.25, -0.2) is 9.67 Å². The van der Waals surface area contributed by atoms with Gasteiger partial charge in [-0.3, -0.25) is 4.68 Å². The van der Waals surface area contributed by atoms with Crippen molar-refractivity contribution in [1.82, 2.24) is 24.5 Å². The third kappa shape index (κ3) is 2.23. The maximum atomic E-state index is 4.32. The van der Waals surface area contributed by atoms with E-state index in [0.29, 0.717) is 6.54 Å². The van der Waals surface area contributed by atoms with Crippen LogP contribution < -0.4 is 0 Å². The maximum Gasteiger partial charge on any atom is 0.148 e. The molecule has 0 spiro atoms. The summed E-state index contributed by atoms with van der Waals surface area (Å²) in [5.41, 5.74) is 1.02. The molecule has 80 valence electrons. The fourth-order valence-electron chi connectivity index (χ4n) is 1.51. The topological polar surface area (TPSA) is 48.5 Å². The molecule has 0 amide bonds. The van der Waals surface area contributed by atoms with Crippen LogP contribution in [0.15, 0.2) is 18.6 Å². The van der Waals surface area contributed by atoms with Crippen LogP contribution in [-0.4, -0.2) is 24.5 Å². The van der Waals surface area contributed by atoms with Gasteiger partial charge in [0, 0.05) is 12.7 Å². The Morgan fingerprint density at radius 2 is 2.27 bits per heavy atom. The molecular weight excluding hydrogens is 190 g/mol. The van der Waals surface area contributed by atoms with Crippen molar-refractivity contribution >= 4 is 0 Å². The molecule has 0 aliphatic rings. The normalized spacial score (nSPS) is 10.8. The van der Waals surface area contributed by atoms with Gasteiger partial charge in [-0.05, 0) is 19.4 Å². The minimum Gasteiger partial charge on any atom is -0.265 e. The summed E-state index contributed by atoms with van der Waals surface area (Å²) in [6.07, 6.45) is 4.62. The molecule has 0 aliphatic heterocycles. The molecule has 2 heterocycles. The highest BCUT2D eigenvalue weighted by Gasteiger charge is 2.04. The fraction of sp³-hybridized carbons (Fsp3) is 0.500. The summed E-state index contributed by atoms with van der Waals surface area (Å²) in [7, 11) is 0. The molecule has 0 atom stereocenters. The van der Waals surface area contributed by atoms with E-state index < -0.39 is 0 Å². The van der Waals surface area contributed by atoms with E-state index in [-0.39, 0.29) is 0 Å². The molecule has 2 rings (SSSR count). The molecule has 5 nitrogen and oxygen atoms in total. The summed E-state index contributed by atoms with van der Waals surface area (Å²) >= 11 is 0. The predicted octanol–water partition coefficient (Wildman–Crippen LogP) is 1.24. The Balaban J connectivity index is 2.13. The first-order valence-electron chi connectivity index (χ1n) is 5.16. The van der Waals surface area contributed by atoms with E-state index >= 15 is 0 Å². The molecule has 0 saturated carbocycles. The Labute approximate surface area is 88.7 Å².